The number of nitrogens with two attached hydrogens (primary N) is 1. The molecule has 3 N–H and O–H groups in total. The van der Waals surface area contributed by atoms with Gasteiger partial charge in [0.15, 0.2) is 0 Å². The number of hydrogen-bond donors (Lipinski definition) is 2. The van der Waals surface area contributed by atoms with Gasteiger partial charge in [-0.3, -0.25) is 0 Å². The molecule has 0 aromatic heterocycles. The Bertz CT molecular complexity index is 593. The van der Waals surface area contributed by atoms with Crippen LogP contribution < -0.4 is 15.2 Å². The average Bonchev–Trinajstić information content (AvgIpc) is 2.45. The summed E-state index contributed by atoms with van der Waals surface area (Å²) in [6.45, 7) is 0.710. The van der Waals surface area contributed by atoms with E-state index >= 15 is 0 Å². The molecular weight excluding hydrogens is 308 g/mol. The molecule has 1 aromatic rings. The van der Waals surface area contributed by atoms with E-state index < -0.39 is 10.0 Å². The maximum atomic E-state index is 12.4. The fourth-order valence-corrected chi connectivity index (χ4v) is 4.60. The molecule has 0 spiro atoms. The van der Waals surface area contributed by atoms with Crippen molar-refractivity contribution in [3.05, 3.63) is 23.8 Å². The van der Waals surface area contributed by atoms with E-state index in [1.807, 2.05) is 6.26 Å². The molecule has 1 saturated carbocycles. The molecule has 0 radical (unpaired) electrons. The van der Waals surface area contributed by atoms with Crippen LogP contribution in [0.2, 0.25) is 0 Å². The second-order valence-corrected chi connectivity index (χ2v) is 8.28. The number of nitrogens with one attached hydrogen (secondary N) is 1. The van der Waals surface area contributed by atoms with Crippen LogP contribution in [0.4, 0.5) is 0 Å². The summed E-state index contributed by atoms with van der Waals surface area (Å²) in [6.07, 6.45) is 5.33. The predicted octanol–water partition coefficient (Wildman–Crippen LogP) is 1.72. The highest BCUT2D eigenvalue weighted by Gasteiger charge is 2.37. The SMILES string of the molecule is COc1ccc(S(=O)(=O)NCC2(SC)CCC2)cc1CN. The number of rotatable bonds is 7. The van der Waals surface area contributed by atoms with Crippen molar-refractivity contribution in [1.82, 2.24) is 4.72 Å². The molecule has 5 nitrogen and oxygen atoms in total. The van der Waals surface area contributed by atoms with Crippen LogP contribution in [-0.4, -0.2) is 33.1 Å². The standard InChI is InChI=1S/C14H22N2O3S2/c1-19-13-5-4-12(8-11(13)9-15)21(17,18)16-10-14(20-2)6-3-7-14/h4-5,8,16H,3,6-7,9-10,15H2,1-2H3. The Morgan fingerprint density at radius 2 is 2.14 bits per heavy atom. The summed E-state index contributed by atoms with van der Waals surface area (Å²) < 4.78 is 32.8. The summed E-state index contributed by atoms with van der Waals surface area (Å²) in [5.41, 5.74) is 6.32. The lowest BCUT2D eigenvalue weighted by Gasteiger charge is -2.40. The normalized spacial score (nSPS) is 17.3. The largest absolute Gasteiger partial charge is 0.496 e. The third kappa shape index (κ3) is 3.53. The highest BCUT2D eigenvalue weighted by molar-refractivity contribution is 8.00. The molecule has 0 atom stereocenters. The zero-order valence-electron chi connectivity index (χ0n) is 12.4. The van der Waals surface area contributed by atoms with Crippen molar-refractivity contribution in [3.63, 3.8) is 0 Å². The molecule has 0 bridgehead atoms. The van der Waals surface area contributed by atoms with Crippen molar-refractivity contribution >= 4 is 21.8 Å². The van der Waals surface area contributed by atoms with Gasteiger partial charge in [0.2, 0.25) is 10.0 Å². The van der Waals surface area contributed by atoms with Crippen LogP contribution in [0.3, 0.4) is 0 Å². The number of hydrogen-bond acceptors (Lipinski definition) is 5. The monoisotopic (exact) mass is 330 g/mol. The van der Waals surface area contributed by atoms with Gasteiger partial charge in [0, 0.05) is 23.4 Å². The lowest BCUT2D eigenvalue weighted by atomic mass is 9.84. The second-order valence-electron chi connectivity index (χ2n) is 5.24. The van der Waals surface area contributed by atoms with Crippen LogP contribution >= 0.6 is 11.8 Å². The van der Waals surface area contributed by atoms with Gasteiger partial charge in [0.25, 0.3) is 0 Å². The van der Waals surface area contributed by atoms with E-state index in [1.165, 1.54) is 6.42 Å². The Morgan fingerprint density at radius 1 is 1.43 bits per heavy atom. The van der Waals surface area contributed by atoms with Crippen LogP contribution in [0.5, 0.6) is 5.75 Å². The Morgan fingerprint density at radius 3 is 2.62 bits per heavy atom. The van der Waals surface area contributed by atoms with Gasteiger partial charge >= 0.3 is 0 Å². The molecule has 0 amide bonds. The first-order chi connectivity index (χ1) is 9.96. The molecule has 0 unspecified atom stereocenters. The number of ether oxygens (including phenoxy) is 1. The van der Waals surface area contributed by atoms with E-state index in [0.717, 1.165) is 12.8 Å². The van der Waals surface area contributed by atoms with Crippen LogP contribution in [0.25, 0.3) is 0 Å². The second kappa shape index (κ2) is 6.56. The highest BCUT2D eigenvalue weighted by atomic mass is 32.2. The summed E-state index contributed by atoms with van der Waals surface area (Å²) in [6, 6.07) is 4.77. The highest BCUT2D eigenvalue weighted by Crippen LogP contribution is 2.42. The molecule has 0 aliphatic heterocycles. The van der Waals surface area contributed by atoms with Crippen LogP contribution in [-0.2, 0) is 16.6 Å². The van der Waals surface area contributed by atoms with Gasteiger partial charge < -0.3 is 10.5 Å². The smallest absolute Gasteiger partial charge is 0.240 e. The maximum Gasteiger partial charge on any atom is 0.240 e. The Labute approximate surface area is 130 Å². The van der Waals surface area contributed by atoms with Gasteiger partial charge in [-0.05, 0) is 37.3 Å². The minimum atomic E-state index is -3.51. The van der Waals surface area contributed by atoms with Gasteiger partial charge in [0.1, 0.15) is 5.75 Å². The quantitative estimate of drug-likeness (QED) is 0.795. The first-order valence-corrected chi connectivity index (χ1v) is 9.59. The van der Waals surface area contributed by atoms with Crippen molar-refractivity contribution in [1.29, 1.82) is 0 Å². The molecule has 118 valence electrons. The molecule has 1 fully saturated rings. The van der Waals surface area contributed by atoms with E-state index in [4.69, 9.17) is 10.5 Å². The molecule has 1 aromatic carbocycles. The molecule has 1 aliphatic rings. The minimum absolute atomic E-state index is 0.0657. The number of sulfonamides is 1. The van der Waals surface area contributed by atoms with Gasteiger partial charge in [0.05, 0.1) is 12.0 Å². The van der Waals surface area contributed by atoms with Crippen molar-refractivity contribution in [2.45, 2.75) is 35.4 Å². The third-order valence-electron chi connectivity index (χ3n) is 4.06. The Kier molecular flexibility index (Phi) is 5.19. The molecular formula is C14H22N2O3S2. The Balaban J connectivity index is 2.15. The summed E-state index contributed by atoms with van der Waals surface area (Å²) in [5.74, 6) is 0.607. The molecule has 21 heavy (non-hydrogen) atoms. The maximum absolute atomic E-state index is 12.4. The van der Waals surface area contributed by atoms with Crippen LogP contribution in [0, 0.1) is 0 Å². The molecule has 7 heteroatoms. The number of benzene rings is 1. The molecule has 1 aliphatic carbocycles. The molecule has 0 saturated heterocycles. The van der Waals surface area contributed by atoms with Gasteiger partial charge in [-0.25, -0.2) is 13.1 Å². The van der Waals surface area contributed by atoms with E-state index in [9.17, 15) is 8.42 Å². The summed E-state index contributed by atoms with van der Waals surface area (Å²) in [7, 11) is -1.97. The number of methoxy groups -OCH3 is 1. The number of thioether (sulfide) groups is 1. The average molecular weight is 330 g/mol. The van der Waals surface area contributed by atoms with Crippen molar-refractivity contribution in [2.75, 3.05) is 19.9 Å². The fourth-order valence-electron chi connectivity index (χ4n) is 2.42. The van der Waals surface area contributed by atoms with E-state index in [0.29, 0.717) is 17.9 Å². The van der Waals surface area contributed by atoms with Gasteiger partial charge in [-0.2, -0.15) is 11.8 Å². The Hall–Kier alpha value is -0.760. The minimum Gasteiger partial charge on any atom is -0.496 e. The van der Waals surface area contributed by atoms with E-state index in [1.54, 1.807) is 37.1 Å². The fraction of sp³-hybridized carbons (Fsp3) is 0.571. The summed E-state index contributed by atoms with van der Waals surface area (Å²) in [5, 5.41) is 0. The van der Waals surface area contributed by atoms with Gasteiger partial charge in [-0.1, -0.05) is 6.42 Å². The summed E-state index contributed by atoms with van der Waals surface area (Å²) >= 11 is 1.74. The lowest BCUT2D eigenvalue weighted by molar-refractivity contribution is 0.362. The van der Waals surface area contributed by atoms with Crippen LogP contribution in [0.1, 0.15) is 24.8 Å². The van der Waals surface area contributed by atoms with Crippen molar-refractivity contribution < 1.29 is 13.2 Å². The van der Waals surface area contributed by atoms with E-state index in [2.05, 4.69) is 4.72 Å². The van der Waals surface area contributed by atoms with Crippen molar-refractivity contribution in [2.24, 2.45) is 5.73 Å². The summed E-state index contributed by atoms with van der Waals surface area (Å²) in [4.78, 5) is 0.235. The van der Waals surface area contributed by atoms with Crippen molar-refractivity contribution in [3.8, 4) is 5.75 Å². The predicted molar refractivity (Wildman–Crippen MR) is 86.2 cm³/mol. The zero-order chi connectivity index (χ0) is 15.5. The molecule has 0 heterocycles. The third-order valence-corrected chi connectivity index (χ3v) is 6.88. The first-order valence-electron chi connectivity index (χ1n) is 6.88. The van der Waals surface area contributed by atoms with Gasteiger partial charge in [-0.15, -0.1) is 0 Å². The van der Waals surface area contributed by atoms with E-state index in [-0.39, 0.29) is 16.2 Å². The molecule has 2 rings (SSSR count). The van der Waals surface area contributed by atoms with Crippen LogP contribution in [0.15, 0.2) is 23.1 Å². The zero-order valence-corrected chi connectivity index (χ0v) is 14.0. The first kappa shape index (κ1) is 16.6. The lowest BCUT2D eigenvalue weighted by Crippen LogP contribution is -2.45. The topological polar surface area (TPSA) is 81.4 Å².